The average Bonchev–Trinajstić information content (AvgIpc) is 2.75. The second-order valence-corrected chi connectivity index (χ2v) is 8.39. The number of rotatable bonds is 6. The lowest BCUT2D eigenvalue weighted by Gasteiger charge is -2.38. The Morgan fingerprint density at radius 1 is 1.27 bits per heavy atom. The standard InChI is InChI=1S/C23H28F2N6O2/c1-4-29-10-7-18(13-21(29)27-28(2)3)31(19-15-33-16-19)20-6-5-17(14-26-20)22(32)30-11-8-23(24,25)9-12-30/h4-7,10,13-14,19H,1,8-9,11-12,15-16H2,2-3H3/b27-21-. The average molecular weight is 459 g/mol. The van der Waals surface area contributed by atoms with E-state index in [1.165, 1.54) is 11.1 Å². The summed E-state index contributed by atoms with van der Waals surface area (Å²) in [6, 6.07) is 7.46. The van der Waals surface area contributed by atoms with E-state index in [-0.39, 0.29) is 37.9 Å². The Hall–Kier alpha value is -3.27. The third-order valence-corrected chi connectivity index (χ3v) is 5.73. The van der Waals surface area contributed by atoms with Crippen LogP contribution in [-0.4, -0.2) is 77.7 Å². The minimum Gasteiger partial charge on any atom is -0.377 e. The summed E-state index contributed by atoms with van der Waals surface area (Å²) >= 11 is 0. The molecule has 2 saturated heterocycles. The smallest absolute Gasteiger partial charge is 0.255 e. The maximum absolute atomic E-state index is 13.4. The molecule has 0 atom stereocenters. The molecule has 0 unspecified atom stereocenters. The Balaban J connectivity index is 1.60. The van der Waals surface area contributed by atoms with E-state index in [2.05, 4.69) is 21.6 Å². The first-order valence-corrected chi connectivity index (χ1v) is 10.8. The van der Waals surface area contributed by atoms with E-state index >= 15 is 0 Å². The van der Waals surface area contributed by atoms with E-state index in [1.807, 2.05) is 37.0 Å². The first-order valence-electron chi connectivity index (χ1n) is 10.8. The van der Waals surface area contributed by atoms with Gasteiger partial charge < -0.3 is 24.1 Å². The van der Waals surface area contributed by atoms with Gasteiger partial charge in [-0.2, -0.15) is 5.10 Å². The third-order valence-electron chi connectivity index (χ3n) is 5.73. The molecule has 2 aliphatic rings. The van der Waals surface area contributed by atoms with E-state index in [1.54, 1.807) is 23.3 Å². The zero-order valence-electron chi connectivity index (χ0n) is 18.8. The molecule has 2 aromatic rings. The summed E-state index contributed by atoms with van der Waals surface area (Å²) in [6.07, 6.45) is 4.45. The molecule has 176 valence electrons. The topological polar surface area (TPSA) is 66.2 Å². The number of anilines is 2. The fourth-order valence-corrected chi connectivity index (χ4v) is 3.85. The van der Waals surface area contributed by atoms with Gasteiger partial charge in [-0.15, -0.1) is 0 Å². The minimum absolute atomic E-state index is 0.0462. The lowest BCUT2D eigenvalue weighted by Crippen LogP contribution is -2.47. The fraction of sp³-hybridized carbons (Fsp3) is 0.435. The van der Waals surface area contributed by atoms with Gasteiger partial charge in [0.2, 0.25) is 0 Å². The molecule has 2 aliphatic heterocycles. The van der Waals surface area contributed by atoms with Gasteiger partial charge in [0.05, 0.1) is 24.8 Å². The Bertz CT molecular complexity index is 1070. The highest BCUT2D eigenvalue weighted by Gasteiger charge is 2.36. The molecule has 0 spiro atoms. The van der Waals surface area contributed by atoms with Crippen LogP contribution in [0, 0.1) is 0 Å². The number of nitrogens with zero attached hydrogens (tertiary/aromatic N) is 6. The Morgan fingerprint density at radius 2 is 2.00 bits per heavy atom. The molecule has 0 aromatic carbocycles. The summed E-state index contributed by atoms with van der Waals surface area (Å²) in [7, 11) is 3.69. The first kappa shape index (κ1) is 22.9. The van der Waals surface area contributed by atoms with E-state index in [9.17, 15) is 13.6 Å². The Morgan fingerprint density at radius 3 is 2.55 bits per heavy atom. The largest absolute Gasteiger partial charge is 0.377 e. The molecule has 4 rings (SSSR count). The molecule has 0 radical (unpaired) electrons. The van der Waals surface area contributed by atoms with Crippen molar-refractivity contribution in [3.63, 3.8) is 0 Å². The van der Waals surface area contributed by atoms with E-state index in [0.29, 0.717) is 30.1 Å². The Labute approximate surface area is 191 Å². The summed E-state index contributed by atoms with van der Waals surface area (Å²) in [5, 5.41) is 6.23. The van der Waals surface area contributed by atoms with Crippen molar-refractivity contribution in [2.45, 2.75) is 24.8 Å². The number of carbonyl (C=O) groups is 1. The number of alkyl halides is 2. The quantitative estimate of drug-likeness (QED) is 0.623. The van der Waals surface area contributed by atoms with Crippen molar-refractivity contribution in [2.75, 3.05) is 45.3 Å². The molecule has 0 aliphatic carbocycles. The van der Waals surface area contributed by atoms with Gasteiger partial charge >= 0.3 is 0 Å². The first-order chi connectivity index (χ1) is 15.8. The molecule has 0 N–H and O–H groups in total. The van der Waals surface area contributed by atoms with Crippen LogP contribution in [0.3, 0.4) is 0 Å². The number of carbonyl (C=O) groups excluding carboxylic acids is 1. The van der Waals surface area contributed by atoms with Crippen LogP contribution in [0.1, 0.15) is 23.2 Å². The number of halogens is 2. The number of amides is 1. The summed E-state index contributed by atoms with van der Waals surface area (Å²) < 4.78 is 34.1. The predicted molar refractivity (Wildman–Crippen MR) is 121 cm³/mol. The molecule has 2 fully saturated rings. The molecule has 0 bridgehead atoms. The SMILES string of the molecule is C=Cn1ccc(N(c2ccc(C(=O)N3CCC(F)(F)CC3)cn2)C2COC2)c/c1=N/N(C)C. The normalized spacial score (nSPS) is 18.5. The zero-order valence-corrected chi connectivity index (χ0v) is 18.8. The van der Waals surface area contributed by atoms with Crippen molar-refractivity contribution in [1.29, 1.82) is 0 Å². The van der Waals surface area contributed by atoms with Crippen LogP contribution in [0.15, 0.2) is 48.3 Å². The van der Waals surface area contributed by atoms with Crippen molar-refractivity contribution in [2.24, 2.45) is 5.10 Å². The fourth-order valence-electron chi connectivity index (χ4n) is 3.85. The second-order valence-electron chi connectivity index (χ2n) is 8.39. The second kappa shape index (κ2) is 9.30. The van der Waals surface area contributed by atoms with Crippen LogP contribution in [0.4, 0.5) is 20.3 Å². The monoisotopic (exact) mass is 458 g/mol. The number of pyridine rings is 2. The lowest BCUT2D eigenvalue weighted by molar-refractivity contribution is -0.0494. The van der Waals surface area contributed by atoms with Gasteiger partial charge in [0, 0.05) is 70.4 Å². The summed E-state index contributed by atoms with van der Waals surface area (Å²) in [6.45, 7) is 5.03. The lowest BCUT2D eigenvalue weighted by atomic mass is 10.1. The van der Waals surface area contributed by atoms with Gasteiger partial charge in [-0.3, -0.25) is 4.79 Å². The summed E-state index contributed by atoms with van der Waals surface area (Å²) in [5.41, 5.74) is 1.97. The van der Waals surface area contributed by atoms with Gasteiger partial charge in [0.25, 0.3) is 11.8 Å². The van der Waals surface area contributed by atoms with Crippen LogP contribution in [0.25, 0.3) is 6.20 Å². The van der Waals surface area contributed by atoms with Crippen LogP contribution >= 0.6 is 0 Å². The van der Waals surface area contributed by atoms with E-state index < -0.39 is 5.92 Å². The van der Waals surface area contributed by atoms with Gasteiger partial charge in [-0.05, 0) is 18.2 Å². The number of piperidine rings is 1. The Kier molecular flexibility index (Phi) is 6.46. The van der Waals surface area contributed by atoms with E-state index in [0.717, 1.165) is 5.69 Å². The molecule has 8 nitrogen and oxygen atoms in total. The van der Waals surface area contributed by atoms with Crippen molar-refractivity contribution < 1.29 is 18.3 Å². The molecule has 10 heteroatoms. The number of likely N-dealkylation sites (tertiary alicyclic amines) is 1. The van der Waals surface area contributed by atoms with Crippen molar-refractivity contribution >= 4 is 23.6 Å². The summed E-state index contributed by atoms with van der Waals surface area (Å²) in [4.78, 5) is 20.8. The third kappa shape index (κ3) is 5.05. The van der Waals surface area contributed by atoms with Gasteiger partial charge in [0.15, 0.2) is 5.49 Å². The molecule has 2 aromatic heterocycles. The number of aromatic nitrogens is 2. The van der Waals surface area contributed by atoms with Gasteiger partial charge in [0.1, 0.15) is 5.82 Å². The highest BCUT2D eigenvalue weighted by molar-refractivity contribution is 5.94. The number of hydrogen-bond donors (Lipinski definition) is 0. The maximum Gasteiger partial charge on any atom is 0.255 e. The van der Waals surface area contributed by atoms with Crippen molar-refractivity contribution in [1.82, 2.24) is 19.5 Å². The maximum atomic E-state index is 13.4. The van der Waals surface area contributed by atoms with Gasteiger partial charge in [-0.25, -0.2) is 13.8 Å². The minimum atomic E-state index is -2.69. The number of ether oxygens (including phenoxy) is 1. The van der Waals surface area contributed by atoms with Crippen LogP contribution in [0.5, 0.6) is 0 Å². The van der Waals surface area contributed by atoms with Crippen molar-refractivity contribution in [3.8, 4) is 0 Å². The highest BCUT2D eigenvalue weighted by Crippen LogP contribution is 2.30. The van der Waals surface area contributed by atoms with E-state index in [4.69, 9.17) is 4.74 Å². The zero-order chi connectivity index (χ0) is 23.6. The molecule has 4 heterocycles. The summed E-state index contributed by atoms with van der Waals surface area (Å²) in [5.74, 6) is -2.31. The number of hydrogen-bond acceptors (Lipinski definition) is 6. The van der Waals surface area contributed by atoms with Crippen molar-refractivity contribution in [3.05, 3.63) is 54.3 Å². The predicted octanol–water partition coefficient (Wildman–Crippen LogP) is 2.77. The molecule has 1 amide bonds. The van der Waals surface area contributed by atoms with Gasteiger partial charge in [-0.1, -0.05) is 6.58 Å². The van der Waals surface area contributed by atoms with Crippen LogP contribution in [0.2, 0.25) is 0 Å². The van der Waals surface area contributed by atoms with Crippen LogP contribution < -0.4 is 10.4 Å². The molecular formula is C23H28F2N6O2. The molecular weight excluding hydrogens is 430 g/mol. The molecule has 33 heavy (non-hydrogen) atoms. The van der Waals surface area contributed by atoms with Crippen LogP contribution in [-0.2, 0) is 4.74 Å². The highest BCUT2D eigenvalue weighted by atomic mass is 19.3. The molecule has 0 saturated carbocycles.